The van der Waals surface area contributed by atoms with E-state index >= 15 is 0 Å². The molecule has 3 nitrogen and oxygen atoms in total. The van der Waals surface area contributed by atoms with E-state index < -0.39 is 0 Å². The molecule has 2 atom stereocenters. The number of thioether (sulfide) groups is 1. The van der Waals surface area contributed by atoms with E-state index in [1.807, 2.05) is 17.8 Å². The first-order valence-electron chi connectivity index (χ1n) is 7.18. The van der Waals surface area contributed by atoms with Crippen molar-refractivity contribution in [3.8, 4) is 5.75 Å². The molecule has 4 heteroatoms. The second-order valence-electron chi connectivity index (χ2n) is 5.09. The molecule has 0 saturated heterocycles. The van der Waals surface area contributed by atoms with Gasteiger partial charge in [0.15, 0.2) is 0 Å². The zero-order valence-electron chi connectivity index (χ0n) is 13.6. The minimum absolute atomic E-state index is 0.273. The third kappa shape index (κ3) is 4.06. The summed E-state index contributed by atoms with van der Waals surface area (Å²) in [5.41, 5.74) is 2.49. The average molecular weight is 296 g/mol. The maximum atomic E-state index is 5.57. The highest BCUT2D eigenvalue weighted by Crippen LogP contribution is 2.35. The van der Waals surface area contributed by atoms with Crippen LogP contribution in [0.2, 0.25) is 0 Å². The van der Waals surface area contributed by atoms with Crippen LogP contribution in [0, 0.1) is 0 Å². The van der Waals surface area contributed by atoms with Crippen molar-refractivity contribution in [1.29, 1.82) is 0 Å². The zero-order valence-corrected chi connectivity index (χ0v) is 14.4. The Hall–Kier alpha value is -0.870. The van der Waals surface area contributed by atoms with Crippen LogP contribution in [0.1, 0.15) is 32.4 Å². The molecule has 0 aliphatic rings. The van der Waals surface area contributed by atoms with Crippen molar-refractivity contribution < 1.29 is 4.74 Å². The summed E-state index contributed by atoms with van der Waals surface area (Å²) in [6.07, 6.45) is 2.15. The van der Waals surface area contributed by atoms with Crippen molar-refractivity contribution in [3.05, 3.63) is 23.8 Å². The second kappa shape index (κ2) is 8.42. The Labute approximate surface area is 128 Å². The van der Waals surface area contributed by atoms with Crippen LogP contribution in [0.15, 0.2) is 18.2 Å². The third-order valence-electron chi connectivity index (χ3n) is 3.66. The molecule has 114 valence electrons. The summed E-state index contributed by atoms with van der Waals surface area (Å²) in [5, 5.41) is 3.49. The van der Waals surface area contributed by atoms with Crippen LogP contribution in [0.4, 0.5) is 5.69 Å². The average Bonchev–Trinajstić information content (AvgIpc) is 2.46. The zero-order chi connectivity index (χ0) is 15.1. The third-order valence-corrected chi connectivity index (χ3v) is 4.47. The molecular weight excluding hydrogens is 268 g/mol. The number of ether oxygens (including phenoxy) is 1. The maximum absolute atomic E-state index is 5.57. The number of hydrogen-bond acceptors (Lipinski definition) is 4. The summed E-state index contributed by atoms with van der Waals surface area (Å²) in [6.45, 7) is 7.53. The van der Waals surface area contributed by atoms with Crippen molar-refractivity contribution in [2.24, 2.45) is 0 Å². The van der Waals surface area contributed by atoms with E-state index in [0.29, 0.717) is 6.04 Å². The predicted molar refractivity (Wildman–Crippen MR) is 91.3 cm³/mol. The molecule has 0 aliphatic carbocycles. The van der Waals surface area contributed by atoms with E-state index in [9.17, 15) is 0 Å². The Kier molecular flexibility index (Phi) is 7.24. The molecule has 1 aromatic carbocycles. The van der Waals surface area contributed by atoms with Crippen LogP contribution >= 0.6 is 11.8 Å². The van der Waals surface area contributed by atoms with Gasteiger partial charge in [-0.25, -0.2) is 0 Å². The number of rotatable bonds is 8. The van der Waals surface area contributed by atoms with Gasteiger partial charge in [-0.3, -0.25) is 0 Å². The standard InChI is InChI=1S/C16H28N2OS/c1-7-17-13(3)16-14(9-8-10-15(16)19-5)18(4)12(2)11-20-6/h8-10,12-13,17H,7,11H2,1-6H3. The van der Waals surface area contributed by atoms with E-state index in [2.05, 4.69) is 56.4 Å². The van der Waals surface area contributed by atoms with Crippen LogP contribution < -0.4 is 15.0 Å². The Bertz CT molecular complexity index is 411. The number of benzene rings is 1. The predicted octanol–water partition coefficient (Wildman–Crippen LogP) is 3.55. The van der Waals surface area contributed by atoms with Crippen molar-refractivity contribution in [1.82, 2.24) is 5.32 Å². The summed E-state index contributed by atoms with van der Waals surface area (Å²) < 4.78 is 5.57. The fourth-order valence-electron chi connectivity index (χ4n) is 2.45. The van der Waals surface area contributed by atoms with Crippen LogP contribution in [-0.2, 0) is 0 Å². The molecule has 0 spiro atoms. The molecule has 20 heavy (non-hydrogen) atoms. The minimum atomic E-state index is 0.273. The first-order valence-corrected chi connectivity index (χ1v) is 8.58. The quantitative estimate of drug-likeness (QED) is 0.793. The second-order valence-corrected chi connectivity index (χ2v) is 6.00. The van der Waals surface area contributed by atoms with Gasteiger partial charge in [-0.1, -0.05) is 13.0 Å². The van der Waals surface area contributed by atoms with Gasteiger partial charge in [0.1, 0.15) is 5.75 Å². The number of methoxy groups -OCH3 is 1. The summed E-state index contributed by atoms with van der Waals surface area (Å²) in [5.74, 6) is 2.07. The van der Waals surface area contributed by atoms with Crippen LogP contribution in [0.3, 0.4) is 0 Å². The van der Waals surface area contributed by atoms with Crippen LogP contribution in [0.5, 0.6) is 5.75 Å². The van der Waals surface area contributed by atoms with Gasteiger partial charge in [0.05, 0.1) is 7.11 Å². The molecule has 0 radical (unpaired) electrons. The lowest BCUT2D eigenvalue weighted by Crippen LogP contribution is -2.32. The van der Waals surface area contributed by atoms with Crippen molar-refractivity contribution in [3.63, 3.8) is 0 Å². The fraction of sp³-hybridized carbons (Fsp3) is 0.625. The molecule has 2 unspecified atom stereocenters. The van der Waals surface area contributed by atoms with Gasteiger partial charge in [-0.2, -0.15) is 11.8 Å². The van der Waals surface area contributed by atoms with E-state index in [-0.39, 0.29) is 6.04 Å². The van der Waals surface area contributed by atoms with Crippen molar-refractivity contribution >= 4 is 17.4 Å². The van der Waals surface area contributed by atoms with Crippen LogP contribution in [-0.4, -0.2) is 38.8 Å². The number of nitrogens with zero attached hydrogens (tertiary/aromatic N) is 1. The van der Waals surface area contributed by atoms with E-state index in [1.165, 1.54) is 11.3 Å². The van der Waals surface area contributed by atoms with Crippen molar-refractivity contribution in [2.45, 2.75) is 32.9 Å². The van der Waals surface area contributed by atoms with Crippen LogP contribution in [0.25, 0.3) is 0 Å². The number of anilines is 1. The Morgan fingerprint density at radius 2 is 2.05 bits per heavy atom. The summed E-state index contributed by atoms with van der Waals surface area (Å²) in [7, 11) is 3.91. The summed E-state index contributed by atoms with van der Waals surface area (Å²) >= 11 is 1.88. The molecule has 1 aromatic rings. The van der Waals surface area contributed by atoms with Gasteiger partial charge in [0.25, 0.3) is 0 Å². The highest BCUT2D eigenvalue weighted by molar-refractivity contribution is 7.98. The first kappa shape index (κ1) is 17.2. The minimum Gasteiger partial charge on any atom is -0.496 e. The molecule has 1 N–H and O–H groups in total. The normalized spacial score (nSPS) is 13.9. The van der Waals surface area contributed by atoms with Gasteiger partial charge in [-0.15, -0.1) is 0 Å². The van der Waals surface area contributed by atoms with E-state index in [4.69, 9.17) is 4.74 Å². The summed E-state index contributed by atoms with van der Waals surface area (Å²) in [4.78, 5) is 2.35. The monoisotopic (exact) mass is 296 g/mol. The molecule has 0 heterocycles. The lowest BCUT2D eigenvalue weighted by Gasteiger charge is -2.31. The molecular formula is C16H28N2OS. The van der Waals surface area contributed by atoms with E-state index in [0.717, 1.165) is 18.0 Å². The van der Waals surface area contributed by atoms with E-state index in [1.54, 1.807) is 7.11 Å². The smallest absolute Gasteiger partial charge is 0.125 e. The molecule has 0 aromatic heterocycles. The van der Waals surface area contributed by atoms with Gasteiger partial charge in [0, 0.05) is 36.1 Å². The Morgan fingerprint density at radius 3 is 2.60 bits per heavy atom. The molecule has 0 bridgehead atoms. The highest BCUT2D eigenvalue weighted by Gasteiger charge is 2.20. The van der Waals surface area contributed by atoms with Gasteiger partial charge in [-0.05, 0) is 38.8 Å². The first-order chi connectivity index (χ1) is 9.56. The number of hydrogen-bond donors (Lipinski definition) is 1. The molecule has 1 rings (SSSR count). The van der Waals surface area contributed by atoms with Gasteiger partial charge >= 0.3 is 0 Å². The topological polar surface area (TPSA) is 24.5 Å². The Balaban J connectivity index is 3.17. The fourth-order valence-corrected chi connectivity index (χ4v) is 3.16. The molecule has 0 saturated carbocycles. The largest absolute Gasteiger partial charge is 0.496 e. The Morgan fingerprint density at radius 1 is 1.35 bits per heavy atom. The lowest BCUT2D eigenvalue weighted by atomic mass is 10.0. The van der Waals surface area contributed by atoms with Gasteiger partial charge < -0.3 is 15.0 Å². The molecule has 0 aliphatic heterocycles. The molecule has 0 fully saturated rings. The lowest BCUT2D eigenvalue weighted by molar-refractivity contribution is 0.402. The SMILES string of the molecule is CCNC(C)c1c(OC)cccc1N(C)C(C)CSC. The summed E-state index contributed by atoms with van der Waals surface area (Å²) in [6, 6.07) is 7.06. The highest BCUT2D eigenvalue weighted by atomic mass is 32.2. The molecule has 0 amide bonds. The van der Waals surface area contributed by atoms with Crippen molar-refractivity contribution in [2.75, 3.05) is 37.6 Å². The number of nitrogens with one attached hydrogen (secondary N) is 1. The van der Waals surface area contributed by atoms with Gasteiger partial charge in [0.2, 0.25) is 0 Å². The maximum Gasteiger partial charge on any atom is 0.125 e.